The molecule has 2 aliphatic heterocycles. The number of nitrogens with two attached hydrogens (primary N) is 1. The van der Waals surface area contributed by atoms with Crippen LogP contribution in [-0.2, 0) is 27.9 Å². The van der Waals surface area contributed by atoms with Crippen molar-refractivity contribution in [3.63, 3.8) is 0 Å². The molecule has 0 aliphatic carbocycles. The number of nitrogens with zero attached hydrogens (tertiary/aromatic N) is 4. The molecule has 2 saturated heterocycles. The van der Waals surface area contributed by atoms with E-state index in [2.05, 4.69) is 107 Å². The lowest BCUT2D eigenvalue weighted by atomic mass is 10.2. The summed E-state index contributed by atoms with van der Waals surface area (Å²) >= 11 is 0. The molecule has 27 heteroatoms. The molecule has 7 N–H and O–H groups in total. The second kappa shape index (κ2) is 24.2. The fourth-order valence-electron chi connectivity index (χ4n) is 6.23. The van der Waals surface area contributed by atoms with Crippen molar-refractivity contribution in [2.75, 3.05) is 37.4 Å². The Labute approximate surface area is 425 Å². The molecule has 5 rings (SSSR count). The first-order valence-corrected chi connectivity index (χ1v) is 28.8. The summed E-state index contributed by atoms with van der Waals surface area (Å²) in [5.41, 5.74) is 4.46. The number of benzene rings is 1. The van der Waals surface area contributed by atoms with Gasteiger partial charge in [-0.25, -0.2) is 9.59 Å². The Bertz CT molecular complexity index is 2740. The second-order valence-electron chi connectivity index (χ2n) is 20.2. The Balaban J connectivity index is 0.000000328. The number of aliphatic hydroxyl groups is 2. The van der Waals surface area contributed by atoms with Gasteiger partial charge >= 0.3 is 35.5 Å². The quantitative estimate of drug-likeness (QED) is 0.0815. The molecule has 3 amide bonds. The van der Waals surface area contributed by atoms with Crippen molar-refractivity contribution < 1.29 is 69.3 Å². The maximum atomic E-state index is 13.0. The van der Waals surface area contributed by atoms with E-state index in [1.807, 2.05) is 0 Å². The van der Waals surface area contributed by atoms with E-state index < -0.39 is 108 Å². The molecule has 1 aromatic carbocycles. The summed E-state index contributed by atoms with van der Waals surface area (Å²) < 4.78 is 100. The highest BCUT2D eigenvalue weighted by molar-refractivity contribution is 6.74. The summed E-state index contributed by atoms with van der Waals surface area (Å²) in [7, 11) is -4.22. The van der Waals surface area contributed by atoms with E-state index >= 15 is 0 Å². The number of nitrogen functional groups attached to an aromatic ring is 1. The van der Waals surface area contributed by atoms with Gasteiger partial charge in [0.25, 0.3) is 5.91 Å². The minimum atomic E-state index is -5.07. The smallest absolute Gasteiger partial charge is 0.414 e. The predicted octanol–water partition coefficient (Wildman–Crippen LogP) is 4.72. The average molecular weight is 1090 g/mol. The van der Waals surface area contributed by atoms with Crippen molar-refractivity contribution in [1.29, 1.82) is 0 Å². The van der Waals surface area contributed by atoms with E-state index in [-0.39, 0.29) is 64.5 Å². The van der Waals surface area contributed by atoms with Crippen LogP contribution < -0.4 is 33.1 Å². The highest BCUT2D eigenvalue weighted by Crippen LogP contribution is 2.39. The lowest BCUT2D eigenvalue weighted by molar-refractivity contribution is -0.173. The van der Waals surface area contributed by atoms with Crippen molar-refractivity contribution >= 4 is 46.0 Å². The van der Waals surface area contributed by atoms with Gasteiger partial charge in [-0.15, -0.1) is 0 Å². The first-order chi connectivity index (χ1) is 34.0. The summed E-state index contributed by atoms with van der Waals surface area (Å²) in [6, 6.07) is 8.06. The molecule has 0 bridgehead atoms. The number of aromatic nitrogens is 4. The van der Waals surface area contributed by atoms with Crippen LogP contribution in [-0.4, -0.2) is 127 Å². The number of hydrogen-bond donors (Lipinski definition) is 6. The van der Waals surface area contributed by atoms with Gasteiger partial charge in [-0.05, 0) is 48.4 Å². The molecule has 0 spiro atoms. The molecule has 2 aliphatic rings. The zero-order valence-corrected chi connectivity index (χ0v) is 44.5. The van der Waals surface area contributed by atoms with Crippen LogP contribution in [0.4, 0.5) is 38.0 Å². The second-order valence-corrected chi connectivity index (χ2v) is 29.8. The summed E-state index contributed by atoms with van der Waals surface area (Å²) in [6.45, 7) is 19.8. The molecule has 6 atom stereocenters. The Hall–Kier alpha value is -5.92. The molecule has 0 radical (unpaired) electrons. The van der Waals surface area contributed by atoms with Crippen LogP contribution in [0.15, 0.2) is 52.3 Å². The van der Waals surface area contributed by atoms with Crippen LogP contribution in [0.1, 0.15) is 88.3 Å². The van der Waals surface area contributed by atoms with Crippen molar-refractivity contribution in [2.45, 2.75) is 140 Å². The Morgan fingerprint density at radius 1 is 0.716 bits per heavy atom. The molecule has 0 saturated carbocycles. The number of carbonyl (C=O) groups excluding carboxylic acids is 3. The number of nitrogens with one attached hydrogen (secondary N) is 3. The summed E-state index contributed by atoms with van der Waals surface area (Å²) in [6.07, 6.45) is -12.4. The van der Waals surface area contributed by atoms with Crippen LogP contribution in [0.3, 0.4) is 0 Å². The Morgan fingerprint density at radius 3 is 1.54 bits per heavy atom. The molecule has 2 fully saturated rings. The largest absolute Gasteiger partial charge is 0.471 e. The van der Waals surface area contributed by atoms with Gasteiger partial charge in [-0.2, -0.15) is 36.3 Å². The van der Waals surface area contributed by atoms with E-state index in [0.717, 1.165) is 9.13 Å². The van der Waals surface area contributed by atoms with Gasteiger partial charge in [0.2, 0.25) is 0 Å². The van der Waals surface area contributed by atoms with E-state index in [4.69, 9.17) is 24.1 Å². The summed E-state index contributed by atoms with van der Waals surface area (Å²) in [4.78, 5) is 67.5. The number of ether oxygens (including phenoxy) is 2. The number of carbonyl (C=O) groups is 3. The minimum Gasteiger partial charge on any atom is -0.414 e. The van der Waals surface area contributed by atoms with Crippen LogP contribution in [0.5, 0.6) is 0 Å². The lowest BCUT2D eigenvalue weighted by Crippen LogP contribution is -2.43. The first-order valence-electron chi connectivity index (χ1n) is 23.0. The van der Waals surface area contributed by atoms with Gasteiger partial charge in [0.15, 0.2) is 22.5 Å². The lowest BCUT2D eigenvalue weighted by Gasteiger charge is -2.37. The standard InChI is InChI=1S/C27H33F3N4O6Si.C20H29F3N4O5Si/c1-26(2,3)41(4,5)39-16-20-19(35)14-21(40-20)34-15-18(12-9-13-31-24(37)27(28,29)30)22(33-25(34)38)32-23(36)17-10-7-6-8-11-17;1-19(2,3)33(4,5)31-11-14-13(28)9-15(32-14)27-10-12(16(24)26-18(27)30)7-6-8-25-17(29)20(21,22)23/h6-8,10-11,15,19-21,35H,13-14,16H2,1-5H3,(H,31,37)(H,32,33,36,38);10,13-15,28H,8-9,11H2,1-5H3,(H,25,29)(H2,24,26,30). The number of rotatable bonds is 12. The van der Waals surface area contributed by atoms with E-state index in [1.165, 1.54) is 24.5 Å². The zero-order valence-electron chi connectivity index (χ0n) is 42.5. The van der Waals surface area contributed by atoms with Gasteiger partial charge < -0.3 is 50.2 Å². The summed E-state index contributed by atoms with van der Waals surface area (Å²) in [5, 5.41) is 26.7. The molecule has 4 heterocycles. The molecule has 19 nitrogen and oxygen atoms in total. The number of halogens is 6. The van der Waals surface area contributed by atoms with E-state index in [1.54, 1.807) is 28.8 Å². The molecule has 74 heavy (non-hydrogen) atoms. The normalized spacial score (nSPS) is 20.2. The van der Waals surface area contributed by atoms with Crippen molar-refractivity contribution in [3.05, 3.63) is 80.4 Å². The third-order valence-corrected chi connectivity index (χ3v) is 21.7. The van der Waals surface area contributed by atoms with Crippen LogP contribution in [0.25, 0.3) is 0 Å². The Kier molecular flexibility index (Phi) is 19.8. The van der Waals surface area contributed by atoms with Gasteiger partial charge in [0.1, 0.15) is 30.5 Å². The number of aliphatic hydroxyl groups excluding tert-OH is 2. The fraction of sp³-hybridized carbons (Fsp3) is 0.553. The number of hydrogen-bond acceptors (Lipinski definition) is 14. The molecule has 2 aromatic heterocycles. The molecule has 6 unspecified atom stereocenters. The molecule has 3 aromatic rings. The minimum absolute atomic E-state index is 0.0193. The van der Waals surface area contributed by atoms with Crippen molar-refractivity contribution in [1.82, 2.24) is 29.7 Å². The highest BCUT2D eigenvalue weighted by atomic mass is 28.4. The fourth-order valence-corrected chi connectivity index (χ4v) is 8.26. The average Bonchev–Trinajstić information content (AvgIpc) is 3.85. The van der Waals surface area contributed by atoms with Crippen LogP contribution >= 0.6 is 0 Å². The number of amides is 3. The highest BCUT2D eigenvalue weighted by Gasteiger charge is 2.44. The third kappa shape index (κ3) is 16.5. The first kappa shape index (κ1) is 60.6. The maximum Gasteiger partial charge on any atom is 0.471 e. The Morgan fingerprint density at radius 2 is 1.12 bits per heavy atom. The topological polar surface area (TPSA) is 260 Å². The monoisotopic (exact) mass is 1080 g/mol. The van der Waals surface area contributed by atoms with Gasteiger partial charge in [0, 0.05) is 30.8 Å². The van der Waals surface area contributed by atoms with Crippen LogP contribution in [0.2, 0.25) is 36.3 Å². The zero-order chi connectivity index (χ0) is 55.8. The van der Waals surface area contributed by atoms with Gasteiger partial charge in [-0.3, -0.25) is 23.5 Å². The third-order valence-electron chi connectivity index (χ3n) is 12.7. The van der Waals surface area contributed by atoms with Crippen LogP contribution in [0, 0.1) is 23.7 Å². The van der Waals surface area contributed by atoms with Crippen molar-refractivity contribution in [3.8, 4) is 23.7 Å². The van der Waals surface area contributed by atoms with Gasteiger partial charge in [-0.1, -0.05) is 83.4 Å². The molecular formula is C47H62F6N8O11Si2. The predicted molar refractivity (Wildman–Crippen MR) is 263 cm³/mol. The van der Waals surface area contributed by atoms with Crippen molar-refractivity contribution in [2.24, 2.45) is 0 Å². The molecular weight excluding hydrogens is 1020 g/mol. The van der Waals surface area contributed by atoms with Gasteiger partial charge in [0.05, 0.1) is 49.6 Å². The SMILES string of the molecule is CC(C)(C)[Si](C)(C)OCC1OC(n2cc(C#CCNC(=O)C(F)(F)F)c(N)nc2=O)CC1O.CC(C)(C)[Si](C)(C)OCC1OC(n2cc(C#CCNC(=O)C(F)(F)F)c(NC(=O)c3ccccc3)nc2=O)CC1O. The summed E-state index contributed by atoms with van der Waals surface area (Å²) in [5.74, 6) is 4.40. The number of anilines is 2. The maximum absolute atomic E-state index is 13.0. The molecule has 406 valence electrons. The van der Waals surface area contributed by atoms with E-state index in [0.29, 0.717) is 0 Å². The van der Waals surface area contributed by atoms with E-state index in [9.17, 15) is 60.5 Å². The number of alkyl halides is 6.